The Bertz CT molecular complexity index is 425. The van der Waals surface area contributed by atoms with Crippen molar-refractivity contribution in [2.75, 3.05) is 0 Å². The molecule has 0 nitrogen and oxygen atoms in total. The standard InChI is InChI=1S/C13H15F.C3H6.2C2H6/c1-5-6-11-8-7-10(2)9-12(11)13(3,4)14;1-3-2;2*1-2/h7-9H,1-4H3;3H,1H2,2H3;2*1-2H3. The number of benzene rings is 1. The lowest BCUT2D eigenvalue weighted by atomic mass is 9.93. The van der Waals surface area contributed by atoms with Crippen molar-refractivity contribution in [1.29, 1.82) is 0 Å². The van der Waals surface area contributed by atoms with E-state index in [1.54, 1.807) is 26.8 Å². The molecule has 21 heavy (non-hydrogen) atoms. The third-order valence-electron chi connectivity index (χ3n) is 2.08. The molecular formula is C20H33F. The van der Waals surface area contributed by atoms with Crippen molar-refractivity contribution in [2.45, 2.75) is 68.0 Å². The lowest BCUT2D eigenvalue weighted by Crippen LogP contribution is -2.11. The summed E-state index contributed by atoms with van der Waals surface area (Å²) in [6.45, 7) is 20.1. The number of aryl methyl sites for hydroxylation is 1. The van der Waals surface area contributed by atoms with E-state index in [0.29, 0.717) is 5.56 Å². The number of halogens is 1. The van der Waals surface area contributed by atoms with Gasteiger partial charge in [0.1, 0.15) is 5.67 Å². The minimum atomic E-state index is -1.33. The molecule has 0 saturated carbocycles. The van der Waals surface area contributed by atoms with Gasteiger partial charge in [0.05, 0.1) is 0 Å². The van der Waals surface area contributed by atoms with E-state index in [4.69, 9.17) is 0 Å². The molecule has 0 aromatic heterocycles. The molecule has 0 heterocycles. The molecule has 0 spiro atoms. The van der Waals surface area contributed by atoms with Gasteiger partial charge >= 0.3 is 0 Å². The van der Waals surface area contributed by atoms with Crippen molar-refractivity contribution in [3.05, 3.63) is 47.5 Å². The van der Waals surface area contributed by atoms with Gasteiger partial charge in [-0.15, -0.1) is 12.5 Å². The maximum Gasteiger partial charge on any atom is 0.131 e. The van der Waals surface area contributed by atoms with Gasteiger partial charge in [0.2, 0.25) is 0 Å². The minimum Gasteiger partial charge on any atom is -0.239 e. The number of allylic oxidation sites excluding steroid dienone is 1. The van der Waals surface area contributed by atoms with Crippen molar-refractivity contribution >= 4 is 0 Å². The predicted molar refractivity (Wildman–Crippen MR) is 96.4 cm³/mol. The second kappa shape index (κ2) is 14.9. The van der Waals surface area contributed by atoms with E-state index in [1.165, 1.54) is 0 Å². The summed E-state index contributed by atoms with van der Waals surface area (Å²) in [5, 5.41) is 0. The summed E-state index contributed by atoms with van der Waals surface area (Å²) in [7, 11) is 0. The maximum absolute atomic E-state index is 13.8. The number of hydrogen-bond acceptors (Lipinski definition) is 0. The Morgan fingerprint density at radius 1 is 1.14 bits per heavy atom. The monoisotopic (exact) mass is 292 g/mol. The van der Waals surface area contributed by atoms with Crippen molar-refractivity contribution in [2.24, 2.45) is 0 Å². The van der Waals surface area contributed by atoms with Crippen LogP contribution in [0.4, 0.5) is 4.39 Å². The van der Waals surface area contributed by atoms with Gasteiger partial charge in [-0.3, -0.25) is 0 Å². The van der Waals surface area contributed by atoms with Crippen molar-refractivity contribution in [3.8, 4) is 11.8 Å². The van der Waals surface area contributed by atoms with Crippen LogP contribution >= 0.6 is 0 Å². The largest absolute Gasteiger partial charge is 0.239 e. The predicted octanol–water partition coefficient (Wildman–Crippen LogP) is 6.82. The Balaban J connectivity index is -0.000000399. The number of rotatable bonds is 1. The van der Waals surface area contributed by atoms with E-state index in [1.807, 2.05) is 59.7 Å². The number of alkyl halides is 1. The molecule has 0 aliphatic heterocycles. The highest BCUT2D eigenvalue weighted by Crippen LogP contribution is 2.28. The Labute approximate surface area is 132 Å². The normalized spacial score (nSPS) is 8.29. The average molecular weight is 292 g/mol. The van der Waals surface area contributed by atoms with E-state index in [2.05, 4.69) is 18.4 Å². The molecule has 1 aromatic rings. The molecule has 0 saturated heterocycles. The van der Waals surface area contributed by atoms with Crippen LogP contribution in [0.2, 0.25) is 0 Å². The summed E-state index contributed by atoms with van der Waals surface area (Å²) < 4.78 is 13.8. The molecule has 0 aliphatic rings. The summed E-state index contributed by atoms with van der Waals surface area (Å²) in [6.07, 6.45) is 1.75. The third-order valence-corrected chi connectivity index (χ3v) is 2.08. The fraction of sp³-hybridized carbons (Fsp3) is 0.500. The molecule has 0 atom stereocenters. The Hall–Kier alpha value is -1.55. The van der Waals surface area contributed by atoms with E-state index >= 15 is 0 Å². The van der Waals surface area contributed by atoms with Gasteiger partial charge in [-0.05, 0) is 40.7 Å². The molecule has 1 heteroatoms. The van der Waals surface area contributed by atoms with Crippen LogP contribution in [-0.4, -0.2) is 0 Å². The average Bonchev–Trinajstić information content (AvgIpc) is 2.45. The molecule has 1 rings (SSSR count). The fourth-order valence-corrected chi connectivity index (χ4v) is 1.39. The van der Waals surface area contributed by atoms with E-state index in [-0.39, 0.29) is 0 Å². The summed E-state index contributed by atoms with van der Waals surface area (Å²) in [6, 6.07) is 5.69. The highest BCUT2D eigenvalue weighted by atomic mass is 19.1. The molecule has 120 valence electrons. The Morgan fingerprint density at radius 2 is 1.57 bits per heavy atom. The topological polar surface area (TPSA) is 0 Å². The van der Waals surface area contributed by atoms with Gasteiger partial charge in [0.15, 0.2) is 0 Å². The van der Waals surface area contributed by atoms with Crippen LogP contribution < -0.4 is 0 Å². The van der Waals surface area contributed by atoms with Crippen molar-refractivity contribution in [3.63, 3.8) is 0 Å². The van der Waals surface area contributed by atoms with Crippen molar-refractivity contribution in [1.82, 2.24) is 0 Å². The summed E-state index contributed by atoms with van der Waals surface area (Å²) >= 11 is 0. The molecule has 0 N–H and O–H groups in total. The van der Waals surface area contributed by atoms with Crippen LogP contribution in [0.5, 0.6) is 0 Å². The second-order valence-corrected chi connectivity index (χ2v) is 4.30. The van der Waals surface area contributed by atoms with Crippen LogP contribution in [0.25, 0.3) is 0 Å². The molecule has 0 amide bonds. The van der Waals surface area contributed by atoms with Crippen LogP contribution in [0.3, 0.4) is 0 Å². The molecule has 0 fully saturated rings. The first-order valence-electron chi connectivity index (χ1n) is 7.66. The van der Waals surface area contributed by atoms with Gasteiger partial charge in [-0.25, -0.2) is 4.39 Å². The van der Waals surface area contributed by atoms with E-state index in [9.17, 15) is 4.39 Å². The SMILES string of the molecule is C=CC.CC.CC.CC#Cc1ccc(C)cc1C(C)(C)F. The van der Waals surface area contributed by atoms with Gasteiger partial charge in [-0.1, -0.05) is 57.4 Å². The molecule has 0 aliphatic carbocycles. The lowest BCUT2D eigenvalue weighted by Gasteiger charge is -2.17. The summed E-state index contributed by atoms with van der Waals surface area (Å²) in [5.74, 6) is 5.72. The summed E-state index contributed by atoms with van der Waals surface area (Å²) in [4.78, 5) is 0. The first-order chi connectivity index (χ1) is 9.86. The quantitative estimate of drug-likeness (QED) is 0.393. The van der Waals surface area contributed by atoms with Crippen molar-refractivity contribution < 1.29 is 4.39 Å². The zero-order valence-electron chi connectivity index (χ0n) is 15.4. The van der Waals surface area contributed by atoms with Gasteiger partial charge < -0.3 is 0 Å². The van der Waals surface area contributed by atoms with Crippen LogP contribution in [-0.2, 0) is 5.67 Å². The lowest BCUT2D eigenvalue weighted by molar-refractivity contribution is 0.221. The molecule has 1 aromatic carbocycles. The minimum absolute atomic E-state index is 0.673. The molecule has 0 unspecified atom stereocenters. The smallest absolute Gasteiger partial charge is 0.131 e. The zero-order chi connectivity index (χ0) is 17.5. The highest BCUT2D eigenvalue weighted by molar-refractivity contribution is 5.45. The Kier molecular flexibility index (Phi) is 17.3. The first-order valence-corrected chi connectivity index (χ1v) is 7.66. The highest BCUT2D eigenvalue weighted by Gasteiger charge is 2.21. The summed E-state index contributed by atoms with van der Waals surface area (Å²) in [5.41, 5.74) is 1.19. The van der Waals surface area contributed by atoms with E-state index < -0.39 is 5.67 Å². The third kappa shape index (κ3) is 11.9. The number of hydrogen-bond donors (Lipinski definition) is 0. The van der Waals surface area contributed by atoms with Gasteiger partial charge in [0.25, 0.3) is 0 Å². The maximum atomic E-state index is 13.8. The molecule has 0 radical (unpaired) electrons. The van der Waals surface area contributed by atoms with Crippen LogP contribution in [0.15, 0.2) is 30.9 Å². The molecule has 0 bridgehead atoms. The van der Waals surface area contributed by atoms with E-state index in [0.717, 1.165) is 11.1 Å². The van der Waals surface area contributed by atoms with Crippen LogP contribution in [0, 0.1) is 18.8 Å². The van der Waals surface area contributed by atoms with Crippen LogP contribution in [0.1, 0.15) is 72.1 Å². The molecular weight excluding hydrogens is 259 g/mol. The van der Waals surface area contributed by atoms with Gasteiger partial charge in [0, 0.05) is 11.1 Å². The zero-order valence-corrected chi connectivity index (χ0v) is 15.4. The fourth-order valence-electron chi connectivity index (χ4n) is 1.39. The Morgan fingerprint density at radius 3 is 1.90 bits per heavy atom. The van der Waals surface area contributed by atoms with Gasteiger partial charge in [-0.2, -0.15) is 0 Å². The first kappa shape index (κ1) is 24.5. The second-order valence-electron chi connectivity index (χ2n) is 4.30.